The fourth-order valence-corrected chi connectivity index (χ4v) is 2.71. The summed E-state index contributed by atoms with van der Waals surface area (Å²) in [5.74, 6) is 0.281. The Kier molecular flexibility index (Phi) is 4.38. The van der Waals surface area contributed by atoms with E-state index in [1.807, 2.05) is 0 Å². The Morgan fingerprint density at radius 2 is 2.00 bits per heavy atom. The maximum atomic E-state index is 9.68. The average molecular weight is 328 g/mol. The van der Waals surface area contributed by atoms with Crippen LogP contribution in [0, 0.1) is 0 Å². The number of rotatable bonds is 2. The van der Waals surface area contributed by atoms with Crippen LogP contribution in [0.15, 0.2) is 17.1 Å². The molecule has 7 nitrogen and oxygen atoms in total. The van der Waals surface area contributed by atoms with Gasteiger partial charge in [0.05, 0.1) is 5.71 Å². The number of aliphatic imine (C=N–C) groups is 1. The van der Waals surface area contributed by atoms with Crippen molar-refractivity contribution in [3.8, 4) is 11.5 Å². The first kappa shape index (κ1) is 15.6. The van der Waals surface area contributed by atoms with Crippen LogP contribution < -0.4 is 0 Å². The molecule has 0 aliphatic carbocycles. The topological polar surface area (TPSA) is 96.4 Å². The minimum Gasteiger partial charge on any atom is -0.504 e. The lowest BCUT2D eigenvalue weighted by Crippen LogP contribution is -2.20. The Morgan fingerprint density at radius 1 is 1.29 bits per heavy atom. The maximum absolute atomic E-state index is 9.68. The smallest absolute Gasteiger partial charge is 0.169 e. The van der Waals surface area contributed by atoms with Crippen LogP contribution >= 0.6 is 25.0 Å². The van der Waals surface area contributed by atoms with Gasteiger partial charge in [-0.3, -0.25) is 4.99 Å². The van der Waals surface area contributed by atoms with Gasteiger partial charge in [-0.05, 0) is 34.5 Å². The summed E-state index contributed by atoms with van der Waals surface area (Å²) in [4.78, 5) is 4.48. The first-order chi connectivity index (χ1) is 9.58. The largest absolute Gasteiger partial charge is 0.504 e. The third kappa shape index (κ3) is 2.68. The number of benzene rings is 1. The van der Waals surface area contributed by atoms with Crippen molar-refractivity contribution in [2.45, 2.75) is 11.7 Å². The van der Waals surface area contributed by atoms with Crippen molar-refractivity contribution in [2.75, 3.05) is 6.54 Å². The highest BCUT2D eigenvalue weighted by molar-refractivity contribution is 7.81. The zero-order valence-corrected chi connectivity index (χ0v) is 12.8. The Hall–Kier alpha value is -1.80. The van der Waals surface area contributed by atoms with E-state index in [-0.39, 0.29) is 23.9 Å². The summed E-state index contributed by atoms with van der Waals surface area (Å²) in [7, 11) is 1.73. The van der Waals surface area contributed by atoms with E-state index in [1.165, 1.54) is 10.7 Å². The van der Waals surface area contributed by atoms with E-state index in [9.17, 15) is 10.2 Å². The van der Waals surface area contributed by atoms with Gasteiger partial charge in [-0.1, -0.05) is 0 Å². The molecule has 1 atom stereocenters. The summed E-state index contributed by atoms with van der Waals surface area (Å²) in [6.07, 6.45) is 0.713. The van der Waals surface area contributed by atoms with Gasteiger partial charge in [0.1, 0.15) is 5.25 Å². The zero-order chi connectivity index (χ0) is 14.3. The molecule has 0 saturated heterocycles. The number of thiol groups is 1. The van der Waals surface area contributed by atoms with Gasteiger partial charge in [-0.25, -0.2) is 4.68 Å². The van der Waals surface area contributed by atoms with Gasteiger partial charge in [0.15, 0.2) is 17.3 Å². The second-order valence-corrected chi connectivity index (χ2v) is 5.09. The van der Waals surface area contributed by atoms with E-state index < -0.39 is 5.25 Å². The molecule has 1 unspecified atom stereocenters. The predicted molar refractivity (Wildman–Crippen MR) is 82.7 cm³/mol. The molecule has 9 heteroatoms. The van der Waals surface area contributed by atoms with Gasteiger partial charge in [0.25, 0.3) is 0 Å². The number of aryl methyl sites for hydroxylation is 1. The highest BCUT2D eigenvalue weighted by Gasteiger charge is 2.26. The first-order valence-electron chi connectivity index (χ1n) is 6.08. The SMILES string of the molecule is Cl.Cn1nnnc1C(S)C1=NCCc2cc(O)c(O)cc21. The third-order valence-electron chi connectivity index (χ3n) is 3.30. The Labute approximate surface area is 132 Å². The maximum Gasteiger partial charge on any atom is 0.169 e. The van der Waals surface area contributed by atoms with Gasteiger partial charge in [0.2, 0.25) is 0 Å². The molecule has 21 heavy (non-hydrogen) atoms. The molecule has 0 amide bonds. The highest BCUT2D eigenvalue weighted by Crippen LogP contribution is 2.34. The number of aromatic nitrogens is 4. The van der Waals surface area contributed by atoms with Crippen molar-refractivity contribution in [3.05, 3.63) is 29.1 Å². The monoisotopic (exact) mass is 327 g/mol. The Morgan fingerprint density at radius 3 is 2.67 bits per heavy atom. The van der Waals surface area contributed by atoms with E-state index in [2.05, 4.69) is 33.1 Å². The second kappa shape index (κ2) is 5.90. The number of tetrazole rings is 1. The first-order valence-corrected chi connectivity index (χ1v) is 6.59. The van der Waals surface area contributed by atoms with E-state index in [4.69, 9.17) is 0 Å². The summed E-state index contributed by atoms with van der Waals surface area (Å²) in [6, 6.07) is 3.07. The standard InChI is InChI=1S/C12H13N5O2S.ClH/c1-17-12(14-15-16-17)11(20)10-7-5-9(19)8(18)4-6(7)2-3-13-10;/h4-5,11,18-20H,2-3H2,1H3;1H. The van der Waals surface area contributed by atoms with Crippen molar-refractivity contribution in [2.24, 2.45) is 12.0 Å². The molecule has 0 radical (unpaired) electrons. The molecular formula is C12H14ClN5O2S. The molecule has 0 saturated carbocycles. The molecule has 1 aliphatic rings. The minimum absolute atomic E-state index is 0. The van der Waals surface area contributed by atoms with E-state index >= 15 is 0 Å². The molecule has 0 fully saturated rings. The Balaban J connectivity index is 0.00000161. The Bertz CT molecular complexity index is 703. The summed E-state index contributed by atoms with van der Waals surface area (Å²) < 4.78 is 1.54. The molecule has 1 aromatic carbocycles. The second-order valence-electron chi connectivity index (χ2n) is 4.58. The number of halogens is 1. The number of hydrogen-bond acceptors (Lipinski definition) is 7. The van der Waals surface area contributed by atoms with Crippen LogP contribution in [0.4, 0.5) is 0 Å². The summed E-state index contributed by atoms with van der Waals surface area (Å²) in [5, 5.41) is 30.2. The zero-order valence-electron chi connectivity index (χ0n) is 11.1. The van der Waals surface area contributed by atoms with Crippen LogP contribution in [0.3, 0.4) is 0 Å². The fourth-order valence-electron chi connectivity index (χ4n) is 2.27. The number of hydrogen-bond donors (Lipinski definition) is 3. The molecule has 2 N–H and O–H groups in total. The predicted octanol–water partition coefficient (Wildman–Crippen LogP) is 1.06. The molecule has 0 spiro atoms. The minimum atomic E-state index is -0.391. The lowest BCUT2D eigenvalue weighted by molar-refractivity contribution is 0.403. The van der Waals surface area contributed by atoms with Gasteiger partial charge in [-0.15, -0.1) is 17.5 Å². The molecule has 1 aromatic heterocycles. The van der Waals surface area contributed by atoms with Gasteiger partial charge in [0, 0.05) is 19.2 Å². The van der Waals surface area contributed by atoms with E-state index in [1.54, 1.807) is 13.1 Å². The fraction of sp³-hybridized carbons (Fsp3) is 0.333. The van der Waals surface area contributed by atoms with Crippen molar-refractivity contribution in [1.82, 2.24) is 20.2 Å². The van der Waals surface area contributed by atoms with E-state index in [0.29, 0.717) is 24.5 Å². The van der Waals surface area contributed by atoms with Gasteiger partial charge >= 0.3 is 0 Å². The van der Waals surface area contributed by atoms with Crippen molar-refractivity contribution >= 4 is 30.7 Å². The van der Waals surface area contributed by atoms with Gasteiger partial charge in [-0.2, -0.15) is 12.6 Å². The molecular weight excluding hydrogens is 314 g/mol. The quantitative estimate of drug-likeness (QED) is 0.566. The number of nitrogens with zero attached hydrogens (tertiary/aromatic N) is 5. The third-order valence-corrected chi connectivity index (χ3v) is 3.77. The van der Waals surface area contributed by atoms with Crippen molar-refractivity contribution in [3.63, 3.8) is 0 Å². The van der Waals surface area contributed by atoms with Crippen LogP contribution in [0.1, 0.15) is 22.2 Å². The number of phenolic OH excluding ortho intramolecular Hbond substituents is 2. The number of aromatic hydroxyl groups is 2. The van der Waals surface area contributed by atoms with Crippen LogP contribution in [0.25, 0.3) is 0 Å². The summed E-state index contributed by atoms with van der Waals surface area (Å²) in [6.45, 7) is 0.606. The lowest BCUT2D eigenvalue weighted by Gasteiger charge is -2.21. The number of fused-ring (bicyclic) bond motifs is 1. The molecule has 112 valence electrons. The summed E-state index contributed by atoms with van der Waals surface area (Å²) >= 11 is 4.54. The van der Waals surface area contributed by atoms with Crippen LogP contribution in [-0.4, -0.2) is 42.7 Å². The van der Waals surface area contributed by atoms with Crippen molar-refractivity contribution in [1.29, 1.82) is 0 Å². The highest BCUT2D eigenvalue weighted by atomic mass is 35.5. The van der Waals surface area contributed by atoms with Crippen molar-refractivity contribution < 1.29 is 10.2 Å². The molecule has 1 aliphatic heterocycles. The van der Waals surface area contributed by atoms with Crippen LogP contribution in [-0.2, 0) is 13.5 Å². The molecule has 2 aromatic rings. The van der Waals surface area contributed by atoms with E-state index in [0.717, 1.165) is 11.1 Å². The average Bonchev–Trinajstić information content (AvgIpc) is 2.85. The molecule has 3 rings (SSSR count). The molecule has 2 heterocycles. The molecule has 0 bridgehead atoms. The van der Waals surface area contributed by atoms with Gasteiger partial charge < -0.3 is 10.2 Å². The van der Waals surface area contributed by atoms with Crippen LogP contribution in [0.2, 0.25) is 0 Å². The summed E-state index contributed by atoms with van der Waals surface area (Å²) in [5.41, 5.74) is 2.40. The number of phenols is 2. The lowest BCUT2D eigenvalue weighted by atomic mass is 9.94. The normalized spacial score (nSPS) is 14.9. The van der Waals surface area contributed by atoms with Crippen LogP contribution in [0.5, 0.6) is 11.5 Å².